The molecule has 31 heavy (non-hydrogen) atoms. The van der Waals surface area contributed by atoms with Gasteiger partial charge in [-0.1, -0.05) is 41.9 Å². The Labute approximate surface area is 187 Å². The molecule has 7 heteroatoms. The Balaban J connectivity index is 1.53. The second kappa shape index (κ2) is 11.0. The van der Waals surface area contributed by atoms with E-state index in [1.807, 2.05) is 18.2 Å². The van der Waals surface area contributed by atoms with Crippen LogP contribution in [0.5, 0.6) is 0 Å². The lowest BCUT2D eigenvalue weighted by Gasteiger charge is -2.33. The summed E-state index contributed by atoms with van der Waals surface area (Å²) in [6.45, 7) is 1.62. The third kappa shape index (κ3) is 6.07. The van der Waals surface area contributed by atoms with Gasteiger partial charge >= 0.3 is 5.97 Å². The minimum absolute atomic E-state index is 0.0283. The Kier molecular flexibility index (Phi) is 8.06. The molecule has 1 heterocycles. The van der Waals surface area contributed by atoms with Crippen LogP contribution < -0.4 is 5.32 Å². The van der Waals surface area contributed by atoms with Crippen LogP contribution in [0.2, 0.25) is 5.02 Å². The molecule has 1 saturated heterocycles. The van der Waals surface area contributed by atoms with Crippen molar-refractivity contribution in [2.24, 2.45) is 5.92 Å². The van der Waals surface area contributed by atoms with E-state index < -0.39 is 5.97 Å². The van der Waals surface area contributed by atoms with E-state index in [2.05, 4.69) is 5.32 Å². The number of carbonyl (C=O) groups excluding carboxylic acids is 3. The molecule has 0 aliphatic carbocycles. The van der Waals surface area contributed by atoms with Gasteiger partial charge in [0.1, 0.15) is 0 Å². The van der Waals surface area contributed by atoms with E-state index in [1.165, 1.54) is 7.11 Å². The van der Waals surface area contributed by atoms with Crippen molar-refractivity contribution in [3.05, 3.63) is 70.2 Å². The van der Waals surface area contributed by atoms with Gasteiger partial charge in [-0.25, -0.2) is 4.79 Å². The van der Waals surface area contributed by atoms with E-state index in [-0.39, 0.29) is 23.3 Å². The SMILES string of the molecule is COC(=O)c1ccccc1C(=O)N1CCC[C@H](CCC(=O)NCc2ccccc2Cl)C1. The van der Waals surface area contributed by atoms with Gasteiger partial charge in [-0.2, -0.15) is 0 Å². The number of benzene rings is 2. The molecule has 1 atom stereocenters. The third-order valence-corrected chi connectivity index (χ3v) is 5.95. The maximum absolute atomic E-state index is 13.0. The summed E-state index contributed by atoms with van der Waals surface area (Å²) in [7, 11) is 1.30. The molecule has 0 saturated carbocycles. The van der Waals surface area contributed by atoms with E-state index in [4.69, 9.17) is 16.3 Å². The number of esters is 1. The lowest BCUT2D eigenvalue weighted by Crippen LogP contribution is -2.40. The van der Waals surface area contributed by atoms with Crippen LogP contribution in [0.4, 0.5) is 0 Å². The van der Waals surface area contributed by atoms with Gasteiger partial charge in [0.15, 0.2) is 0 Å². The molecule has 0 aromatic heterocycles. The number of nitrogens with one attached hydrogen (secondary N) is 1. The van der Waals surface area contributed by atoms with Crippen molar-refractivity contribution < 1.29 is 19.1 Å². The number of hydrogen-bond donors (Lipinski definition) is 1. The van der Waals surface area contributed by atoms with Crippen LogP contribution in [-0.4, -0.2) is 42.9 Å². The fourth-order valence-electron chi connectivity index (χ4n) is 3.87. The van der Waals surface area contributed by atoms with Gasteiger partial charge in [0.25, 0.3) is 5.91 Å². The first kappa shape index (κ1) is 22.8. The van der Waals surface area contributed by atoms with Gasteiger partial charge in [0.05, 0.1) is 18.2 Å². The zero-order chi connectivity index (χ0) is 22.2. The number of halogens is 1. The highest BCUT2D eigenvalue weighted by atomic mass is 35.5. The average Bonchev–Trinajstić information content (AvgIpc) is 2.81. The number of methoxy groups -OCH3 is 1. The quantitative estimate of drug-likeness (QED) is 0.655. The van der Waals surface area contributed by atoms with Crippen molar-refractivity contribution in [1.82, 2.24) is 10.2 Å². The Morgan fingerprint density at radius 2 is 1.81 bits per heavy atom. The Morgan fingerprint density at radius 3 is 2.55 bits per heavy atom. The number of amides is 2. The van der Waals surface area contributed by atoms with E-state index >= 15 is 0 Å². The third-order valence-electron chi connectivity index (χ3n) is 5.58. The first-order chi connectivity index (χ1) is 15.0. The molecule has 2 aromatic carbocycles. The molecule has 0 bridgehead atoms. The summed E-state index contributed by atoms with van der Waals surface area (Å²) in [5.41, 5.74) is 1.51. The Hall–Kier alpha value is -2.86. The number of hydrogen-bond acceptors (Lipinski definition) is 4. The van der Waals surface area contributed by atoms with Crippen LogP contribution in [0.1, 0.15) is 52.0 Å². The van der Waals surface area contributed by atoms with Gasteiger partial charge in [-0.3, -0.25) is 9.59 Å². The topological polar surface area (TPSA) is 75.7 Å². The highest BCUT2D eigenvalue weighted by Crippen LogP contribution is 2.24. The number of carbonyl (C=O) groups is 3. The lowest BCUT2D eigenvalue weighted by molar-refractivity contribution is -0.121. The molecule has 1 N–H and O–H groups in total. The standard InChI is InChI=1S/C24H27ClN2O4/c1-31-24(30)20-10-4-3-9-19(20)23(29)27-14-6-7-17(16-27)12-13-22(28)26-15-18-8-2-5-11-21(18)25/h2-5,8-11,17H,6-7,12-16H2,1H3,(H,26,28)/t17-/m1/s1. The maximum Gasteiger partial charge on any atom is 0.338 e. The summed E-state index contributed by atoms with van der Waals surface area (Å²) in [6, 6.07) is 14.1. The molecule has 1 aliphatic rings. The molecule has 3 rings (SSSR count). The summed E-state index contributed by atoms with van der Waals surface area (Å²) in [4.78, 5) is 39.1. The summed E-state index contributed by atoms with van der Waals surface area (Å²) in [6.07, 6.45) is 2.95. The minimum atomic E-state index is -0.521. The van der Waals surface area contributed by atoms with Crippen molar-refractivity contribution >= 4 is 29.4 Å². The van der Waals surface area contributed by atoms with E-state index in [1.54, 1.807) is 35.2 Å². The predicted octanol–water partition coefficient (Wildman–Crippen LogP) is 4.08. The molecule has 1 aliphatic heterocycles. The number of rotatable bonds is 7. The largest absolute Gasteiger partial charge is 0.465 e. The van der Waals surface area contributed by atoms with Crippen molar-refractivity contribution in [3.63, 3.8) is 0 Å². The fraction of sp³-hybridized carbons (Fsp3) is 0.375. The second-order valence-electron chi connectivity index (χ2n) is 7.70. The van der Waals surface area contributed by atoms with Crippen LogP contribution in [0.15, 0.2) is 48.5 Å². The average molecular weight is 443 g/mol. The molecule has 2 aromatic rings. The normalized spacial score (nSPS) is 15.9. The highest BCUT2D eigenvalue weighted by molar-refractivity contribution is 6.31. The lowest BCUT2D eigenvalue weighted by atomic mass is 9.92. The van der Waals surface area contributed by atoms with E-state index in [0.29, 0.717) is 43.1 Å². The number of piperidine rings is 1. The maximum atomic E-state index is 13.0. The second-order valence-corrected chi connectivity index (χ2v) is 8.11. The van der Waals surface area contributed by atoms with Crippen LogP contribution in [0.3, 0.4) is 0 Å². The first-order valence-electron chi connectivity index (χ1n) is 10.5. The van der Waals surface area contributed by atoms with Crippen LogP contribution in [0, 0.1) is 5.92 Å². The molecule has 0 unspecified atom stereocenters. The zero-order valence-corrected chi connectivity index (χ0v) is 18.4. The van der Waals surface area contributed by atoms with Gasteiger partial charge < -0.3 is 15.0 Å². The fourth-order valence-corrected chi connectivity index (χ4v) is 4.07. The van der Waals surface area contributed by atoms with E-state index in [9.17, 15) is 14.4 Å². The number of likely N-dealkylation sites (tertiary alicyclic amines) is 1. The summed E-state index contributed by atoms with van der Waals surface area (Å²) in [5.74, 6) is -0.477. The Morgan fingerprint density at radius 1 is 1.10 bits per heavy atom. The molecular formula is C24H27ClN2O4. The highest BCUT2D eigenvalue weighted by Gasteiger charge is 2.27. The van der Waals surface area contributed by atoms with Crippen molar-refractivity contribution in [1.29, 1.82) is 0 Å². The molecule has 2 amide bonds. The smallest absolute Gasteiger partial charge is 0.338 e. The molecule has 1 fully saturated rings. The molecular weight excluding hydrogens is 416 g/mol. The molecule has 0 radical (unpaired) electrons. The summed E-state index contributed by atoms with van der Waals surface area (Å²) >= 11 is 6.12. The van der Waals surface area contributed by atoms with Gasteiger partial charge in [-0.15, -0.1) is 0 Å². The number of nitrogens with zero attached hydrogens (tertiary/aromatic N) is 1. The van der Waals surface area contributed by atoms with Gasteiger partial charge in [0, 0.05) is 31.1 Å². The minimum Gasteiger partial charge on any atom is -0.465 e. The van der Waals surface area contributed by atoms with Crippen molar-refractivity contribution in [2.75, 3.05) is 20.2 Å². The van der Waals surface area contributed by atoms with Crippen LogP contribution in [0.25, 0.3) is 0 Å². The summed E-state index contributed by atoms with van der Waals surface area (Å²) in [5, 5.41) is 3.55. The van der Waals surface area contributed by atoms with Gasteiger partial charge in [-0.05, 0) is 48.9 Å². The monoisotopic (exact) mass is 442 g/mol. The van der Waals surface area contributed by atoms with E-state index in [0.717, 1.165) is 18.4 Å². The first-order valence-corrected chi connectivity index (χ1v) is 10.8. The van der Waals surface area contributed by atoms with Crippen molar-refractivity contribution in [2.45, 2.75) is 32.2 Å². The van der Waals surface area contributed by atoms with Crippen LogP contribution >= 0.6 is 11.6 Å². The number of ether oxygens (including phenoxy) is 1. The predicted molar refractivity (Wildman–Crippen MR) is 119 cm³/mol. The van der Waals surface area contributed by atoms with Crippen LogP contribution in [-0.2, 0) is 16.1 Å². The molecule has 164 valence electrons. The zero-order valence-electron chi connectivity index (χ0n) is 17.6. The van der Waals surface area contributed by atoms with Gasteiger partial charge in [0.2, 0.25) is 5.91 Å². The Bertz CT molecular complexity index is 947. The molecule has 0 spiro atoms. The summed E-state index contributed by atoms with van der Waals surface area (Å²) < 4.78 is 4.80. The molecule has 6 nitrogen and oxygen atoms in total. The van der Waals surface area contributed by atoms with Crippen molar-refractivity contribution in [3.8, 4) is 0 Å².